The fourth-order valence-electron chi connectivity index (χ4n) is 1.28. The van der Waals surface area contributed by atoms with Crippen molar-refractivity contribution in [3.63, 3.8) is 0 Å². The standard InChI is InChI=1S/C11H23N3O6/c1-14(2,3)5-9(18)13-12-4-7(16)10(19)11(20)8(17)6-15/h4,7-8,10-11,15-17,19-20H,5-6H2,1-3H3/p+1/b12-4+/t7-,8+,10-,11+/m0/s1. The van der Waals surface area contributed by atoms with Gasteiger partial charge in [0.15, 0.2) is 6.54 Å². The zero-order valence-corrected chi connectivity index (χ0v) is 11.8. The molecule has 20 heavy (non-hydrogen) atoms. The molecule has 0 unspecified atom stereocenters. The monoisotopic (exact) mass is 294 g/mol. The minimum absolute atomic E-state index is 0.168. The van der Waals surface area contributed by atoms with Crippen LogP contribution in [0.4, 0.5) is 0 Å². The van der Waals surface area contributed by atoms with Crippen molar-refractivity contribution in [2.24, 2.45) is 5.10 Å². The van der Waals surface area contributed by atoms with E-state index in [1.807, 2.05) is 21.1 Å². The van der Waals surface area contributed by atoms with Gasteiger partial charge < -0.3 is 30.0 Å². The van der Waals surface area contributed by atoms with Crippen LogP contribution in [-0.2, 0) is 4.79 Å². The molecule has 1 amide bonds. The zero-order valence-electron chi connectivity index (χ0n) is 11.8. The van der Waals surface area contributed by atoms with E-state index in [1.165, 1.54) is 0 Å². The van der Waals surface area contributed by atoms with Crippen molar-refractivity contribution in [3.05, 3.63) is 0 Å². The number of quaternary nitrogens is 1. The van der Waals surface area contributed by atoms with Crippen LogP contribution in [0.25, 0.3) is 0 Å². The molecule has 0 aromatic carbocycles. The van der Waals surface area contributed by atoms with Crippen LogP contribution in [0.3, 0.4) is 0 Å². The molecule has 0 rings (SSSR count). The first-order valence-corrected chi connectivity index (χ1v) is 6.04. The second kappa shape index (κ2) is 8.25. The Kier molecular flexibility index (Phi) is 7.79. The molecule has 0 bridgehead atoms. The van der Waals surface area contributed by atoms with E-state index in [4.69, 9.17) is 10.2 Å². The topological polar surface area (TPSA) is 143 Å². The maximum absolute atomic E-state index is 11.4. The Morgan fingerprint density at radius 3 is 2.20 bits per heavy atom. The number of nitrogens with zero attached hydrogens (tertiary/aromatic N) is 2. The molecule has 0 aliphatic heterocycles. The zero-order chi connectivity index (χ0) is 15.9. The second-order valence-corrected chi connectivity index (χ2v) is 5.48. The fourth-order valence-corrected chi connectivity index (χ4v) is 1.28. The smallest absolute Gasteiger partial charge is 0.295 e. The first kappa shape index (κ1) is 18.9. The number of hydrogen-bond donors (Lipinski definition) is 6. The van der Waals surface area contributed by atoms with Gasteiger partial charge in [-0.25, -0.2) is 5.43 Å². The van der Waals surface area contributed by atoms with Gasteiger partial charge in [-0.3, -0.25) is 4.79 Å². The molecular weight excluding hydrogens is 270 g/mol. The Balaban J connectivity index is 4.29. The molecular formula is C11H24N3O6+. The Morgan fingerprint density at radius 2 is 1.75 bits per heavy atom. The van der Waals surface area contributed by atoms with Crippen LogP contribution in [0.15, 0.2) is 5.10 Å². The fraction of sp³-hybridized carbons (Fsp3) is 0.818. The summed E-state index contributed by atoms with van der Waals surface area (Å²) in [6, 6.07) is 0. The molecule has 0 heterocycles. The van der Waals surface area contributed by atoms with Crippen LogP contribution in [0.1, 0.15) is 0 Å². The lowest BCUT2D eigenvalue weighted by atomic mass is 10.0. The van der Waals surface area contributed by atoms with Crippen LogP contribution in [-0.4, -0.2) is 101 Å². The van der Waals surface area contributed by atoms with Gasteiger partial charge in [0, 0.05) is 0 Å². The van der Waals surface area contributed by atoms with Crippen molar-refractivity contribution in [1.29, 1.82) is 0 Å². The summed E-state index contributed by atoms with van der Waals surface area (Å²) < 4.78 is 0.397. The highest BCUT2D eigenvalue weighted by atomic mass is 16.4. The molecule has 0 aliphatic carbocycles. The van der Waals surface area contributed by atoms with Gasteiger partial charge in [0.25, 0.3) is 5.91 Å². The molecule has 0 aromatic rings. The van der Waals surface area contributed by atoms with Crippen molar-refractivity contribution in [2.45, 2.75) is 24.4 Å². The average Bonchev–Trinajstić information content (AvgIpc) is 2.33. The van der Waals surface area contributed by atoms with E-state index in [2.05, 4.69) is 10.5 Å². The van der Waals surface area contributed by atoms with E-state index >= 15 is 0 Å². The minimum atomic E-state index is -1.74. The minimum Gasteiger partial charge on any atom is -0.394 e. The lowest BCUT2D eigenvalue weighted by molar-refractivity contribution is -0.862. The van der Waals surface area contributed by atoms with Crippen molar-refractivity contribution in [1.82, 2.24) is 5.43 Å². The highest BCUT2D eigenvalue weighted by Gasteiger charge is 2.29. The second-order valence-electron chi connectivity index (χ2n) is 5.48. The maximum atomic E-state index is 11.4. The average molecular weight is 294 g/mol. The summed E-state index contributed by atoms with van der Waals surface area (Å²) in [5.74, 6) is -0.383. The number of aliphatic hydroxyl groups is 5. The van der Waals surface area contributed by atoms with Gasteiger partial charge in [0.2, 0.25) is 0 Å². The number of hydrazone groups is 1. The predicted molar refractivity (Wildman–Crippen MR) is 70.6 cm³/mol. The summed E-state index contributed by atoms with van der Waals surface area (Å²) >= 11 is 0. The van der Waals surface area contributed by atoms with Crippen LogP contribution in [0.5, 0.6) is 0 Å². The number of amides is 1. The number of nitrogens with one attached hydrogen (secondary N) is 1. The number of aliphatic hydroxyl groups excluding tert-OH is 5. The lowest BCUT2D eigenvalue weighted by Gasteiger charge is -2.23. The molecule has 0 spiro atoms. The highest BCUT2D eigenvalue weighted by Crippen LogP contribution is 2.03. The third-order valence-electron chi connectivity index (χ3n) is 2.32. The van der Waals surface area contributed by atoms with E-state index in [-0.39, 0.29) is 12.5 Å². The predicted octanol–water partition coefficient (Wildman–Crippen LogP) is -3.77. The van der Waals surface area contributed by atoms with Crippen molar-refractivity contribution < 1.29 is 34.8 Å². The first-order valence-electron chi connectivity index (χ1n) is 6.04. The Bertz CT molecular complexity index is 331. The van der Waals surface area contributed by atoms with Crippen LogP contribution < -0.4 is 5.43 Å². The Labute approximate surface area is 117 Å². The lowest BCUT2D eigenvalue weighted by Crippen LogP contribution is -2.46. The van der Waals surface area contributed by atoms with Crippen LogP contribution >= 0.6 is 0 Å². The Hall–Kier alpha value is -1.10. The van der Waals surface area contributed by atoms with Gasteiger partial charge in [-0.05, 0) is 0 Å². The third kappa shape index (κ3) is 7.48. The van der Waals surface area contributed by atoms with E-state index < -0.39 is 31.0 Å². The summed E-state index contributed by atoms with van der Waals surface area (Å²) in [6.45, 7) is -0.593. The van der Waals surface area contributed by atoms with Gasteiger partial charge in [-0.15, -0.1) is 0 Å². The van der Waals surface area contributed by atoms with E-state index in [0.717, 1.165) is 6.21 Å². The molecule has 0 radical (unpaired) electrons. The van der Waals surface area contributed by atoms with Crippen molar-refractivity contribution in [2.75, 3.05) is 34.3 Å². The number of carbonyl (C=O) groups excluding carboxylic acids is 1. The highest BCUT2D eigenvalue weighted by molar-refractivity contribution is 5.78. The molecule has 0 aliphatic rings. The van der Waals surface area contributed by atoms with E-state index in [9.17, 15) is 20.1 Å². The molecule has 4 atom stereocenters. The van der Waals surface area contributed by atoms with E-state index in [0.29, 0.717) is 4.48 Å². The molecule has 0 saturated carbocycles. The van der Waals surface area contributed by atoms with Crippen LogP contribution in [0.2, 0.25) is 0 Å². The quantitative estimate of drug-likeness (QED) is 0.154. The molecule has 0 fully saturated rings. The number of rotatable bonds is 8. The summed E-state index contributed by atoms with van der Waals surface area (Å²) in [7, 11) is 5.44. The third-order valence-corrected chi connectivity index (χ3v) is 2.32. The summed E-state index contributed by atoms with van der Waals surface area (Å²) in [6.07, 6.45) is -5.83. The van der Waals surface area contributed by atoms with Gasteiger partial charge in [-0.2, -0.15) is 5.10 Å². The van der Waals surface area contributed by atoms with Gasteiger partial charge in [-0.1, -0.05) is 0 Å². The molecule has 9 heteroatoms. The normalized spacial score (nSPS) is 18.6. The van der Waals surface area contributed by atoms with Gasteiger partial charge in [0.05, 0.1) is 34.0 Å². The first-order chi connectivity index (χ1) is 9.08. The molecule has 6 N–H and O–H groups in total. The molecule has 0 saturated heterocycles. The van der Waals surface area contributed by atoms with Gasteiger partial charge >= 0.3 is 0 Å². The van der Waals surface area contributed by atoms with Crippen molar-refractivity contribution in [3.8, 4) is 0 Å². The van der Waals surface area contributed by atoms with Crippen LogP contribution in [0, 0.1) is 0 Å². The number of carbonyl (C=O) groups is 1. The van der Waals surface area contributed by atoms with Crippen molar-refractivity contribution >= 4 is 12.1 Å². The largest absolute Gasteiger partial charge is 0.394 e. The Morgan fingerprint density at radius 1 is 1.20 bits per heavy atom. The molecule has 118 valence electrons. The molecule has 9 nitrogen and oxygen atoms in total. The number of likely N-dealkylation sites (N-methyl/N-ethyl adjacent to an activating group) is 1. The summed E-state index contributed by atoms with van der Waals surface area (Å²) in [4.78, 5) is 11.4. The molecule has 0 aromatic heterocycles. The summed E-state index contributed by atoms with van der Waals surface area (Å²) in [5, 5.41) is 49.4. The summed E-state index contributed by atoms with van der Waals surface area (Å²) in [5.41, 5.74) is 2.16. The van der Waals surface area contributed by atoms with Gasteiger partial charge in [0.1, 0.15) is 24.4 Å². The van der Waals surface area contributed by atoms with E-state index in [1.54, 1.807) is 0 Å². The number of hydrogen-bond acceptors (Lipinski definition) is 7. The SMILES string of the molecule is C[N+](C)(C)CC(=O)N/N=C/[C@H](O)[C@H](O)[C@H](O)[C@H](O)CO. The maximum Gasteiger partial charge on any atom is 0.295 e.